The van der Waals surface area contributed by atoms with E-state index < -0.39 is 18.2 Å². The Morgan fingerprint density at radius 3 is 1.31 bits per heavy atom. The van der Waals surface area contributed by atoms with Gasteiger partial charge in [-0.2, -0.15) is 0 Å². The summed E-state index contributed by atoms with van der Waals surface area (Å²) in [4.78, 5) is 26.2. The lowest BCUT2D eigenvalue weighted by Crippen LogP contribution is -2.46. The molecule has 380 valence electrons. The van der Waals surface area contributed by atoms with Gasteiger partial charge in [0.05, 0.1) is 25.2 Å². The molecule has 0 rings (SSSR count). The van der Waals surface area contributed by atoms with E-state index in [1.807, 2.05) is 0 Å². The first-order valence-electron chi connectivity index (χ1n) is 28.4. The van der Waals surface area contributed by atoms with Crippen LogP contribution in [0.5, 0.6) is 0 Å². The second-order valence-corrected chi connectivity index (χ2v) is 19.4. The molecule has 3 N–H and O–H groups in total. The molecule has 3 unspecified atom stereocenters. The fraction of sp³-hybridized carbons (Fsp3) is 0.831. The number of nitrogens with one attached hydrogen (secondary N) is 1. The highest BCUT2D eigenvalue weighted by molar-refractivity contribution is 5.77. The molecule has 6 heteroatoms. The van der Waals surface area contributed by atoms with Crippen LogP contribution in [0.25, 0.3) is 0 Å². The Morgan fingerprint density at radius 2 is 0.846 bits per heavy atom. The Kier molecular flexibility index (Phi) is 51.0. The monoisotopic (exact) mass is 912 g/mol. The van der Waals surface area contributed by atoms with E-state index in [1.54, 1.807) is 0 Å². The molecule has 0 bridgehead atoms. The average Bonchev–Trinajstić information content (AvgIpc) is 3.30. The van der Waals surface area contributed by atoms with Gasteiger partial charge >= 0.3 is 5.97 Å². The van der Waals surface area contributed by atoms with Crippen molar-refractivity contribution >= 4 is 11.9 Å². The van der Waals surface area contributed by atoms with Crippen molar-refractivity contribution in [3.05, 3.63) is 48.6 Å². The van der Waals surface area contributed by atoms with Gasteiger partial charge in [0.15, 0.2) is 0 Å². The van der Waals surface area contributed by atoms with Gasteiger partial charge in [0.2, 0.25) is 5.91 Å². The van der Waals surface area contributed by atoms with Crippen LogP contribution in [0.4, 0.5) is 0 Å². The Hall–Kier alpha value is -2.18. The largest absolute Gasteiger partial charge is 0.462 e. The van der Waals surface area contributed by atoms with Crippen LogP contribution in [-0.4, -0.2) is 46.9 Å². The molecule has 0 spiro atoms. The Balaban J connectivity index is 4.54. The third-order valence-corrected chi connectivity index (χ3v) is 13.0. The number of aliphatic hydroxyl groups is 2. The second kappa shape index (κ2) is 52.8. The Labute approximate surface area is 404 Å². The van der Waals surface area contributed by atoms with E-state index in [1.165, 1.54) is 161 Å². The normalized spacial score (nSPS) is 13.5. The number of hydrogen-bond donors (Lipinski definition) is 3. The molecule has 1 amide bonds. The summed E-state index contributed by atoms with van der Waals surface area (Å²) in [6.45, 7) is 6.37. The van der Waals surface area contributed by atoms with Crippen LogP contribution in [0.2, 0.25) is 0 Å². The summed E-state index contributed by atoms with van der Waals surface area (Å²) in [6, 6.07) is -0.709. The van der Waals surface area contributed by atoms with Crippen LogP contribution < -0.4 is 5.32 Å². The first-order chi connectivity index (χ1) is 32.0. The van der Waals surface area contributed by atoms with E-state index in [-0.39, 0.29) is 24.9 Å². The summed E-state index contributed by atoms with van der Waals surface area (Å²) in [5.41, 5.74) is 0. The smallest absolute Gasteiger partial charge is 0.306 e. The highest BCUT2D eigenvalue weighted by Crippen LogP contribution is 2.18. The number of rotatable bonds is 51. The molecule has 0 aromatic rings. The number of aliphatic hydroxyl groups excluding tert-OH is 2. The van der Waals surface area contributed by atoms with Crippen molar-refractivity contribution in [1.29, 1.82) is 0 Å². The van der Waals surface area contributed by atoms with Crippen molar-refractivity contribution in [3.63, 3.8) is 0 Å². The minimum atomic E-state index is -0.794. The topological polar surface area (TPSA) is 95.9 Å². The highest BCUT2D eigenvalue weighted by Gasteiger charge is 2.24. The summed E-state index contributed by atoms with van der Waals surface area (Å²) >= 11 is 0. The molecule has 0 saturated carbocycles. The molecule has 0 saturated heterocycles. The minimum Gasteiger partial charge on any atom is -0.462 e. The van der Waals surface area contributed by atoms with Gasteiger partial charge in [0, 0.05) is 6.42 Å². The molecule has 0 fully saturated rings. The van der Waals surface area contributed by atoms with E-state index >= 15 is 0 Å². The quantitative estimate of drug-likeness (QED) is 0.0245. The zero-order chi connectivity index (χ0) is 47.4. The van der Waals surface area contributed by atoms with Crippen LogP contribution in [-0.2, 0) is 14.3 Å². The zero-order valence-corrected chi connectivity index (χ0v) is 43.4. The number of hydrogen-bond acceptors (Lipinski definition) is 5. The lowest BCUT2D eigenvalue weighted by Gasteiger charge is -2.24. The molecule has 0 heterocycles. The number of allylic oxidation sites excluding steroid dienone is 8. The van der Waals surface area contributed by atoms with Gasteiger partial charge in [-0.25, -0.2) is 0 Å². The summed E-state index contributed by atoms with van der Waals surface area (Å²) in [5, 5.41) is 23.9. The summed E-state index contributed by atoms with van der Waals surface area (Å²) in [6.07, 6.45) is 64.6. The average molecular weight is 913 g/mol. The third kappa shape index (κ3) is 48.1. The maximum Gasteiger partial charge on any atom is 0.306 e. The molecular weight excluding hydrogens is 803 g/mol. The van der Waals surface area contributed by atoms with Crippen molar-refractivity contribution in [2.45, 2.75) is 309 Å². The molecular formula is C59H109NO5. The zero-order valence-electron chi connectivity index (χ0n) is 43.4. The summed E-state index contributed by atoms with van der Waals surface area (Å²) < 4.78 is 5.94. The van der Waals surface area contributed by atoms with E-state index in [4.69, 9.17) is 4.74 Å². The molecule has 0 aromatic carbocycles. The van der Waals surface area contributed by atoms with Crippen LogP contribution >= 0.6 is 0 Å². The molecule has 3 atom stereocenters. The van der Waals surface area contributed by atoms with Crippen LogP contribution in [0, 0.1) is 0 Å². The predicted octanol–water partition coefficient (Wildman–Crippen LogP) is 17.4. The van der Waals surface area contributed by atoms with Crippen molar-refractivity contribution in [3.8, 4) is 0 Å². The SMILES string of the molecule is CC/C=C/C=C/C=C/CCCCCCCCCC(=O)OC(CCCCC/C=C/CCCCCCCCC)CC(=O)NC(CO)C(O)CCCCCCCCCCCCCCCCCCC. The van der Waals surface area contributed by atoms with Gasteiger partial charge in [-0.15, -0.1) is 0 Å². The number of carbonyl (C=O) groups excluding carboxylic acids is 2. The maximum atomic E-state index is 13.3. The van der Waals surface area contributed by atoms with Gasteiger partial charge in [-0.1, -0.05) is 256 Å². The summed E-state index contributed by atoms with van der Waals surface area (Å²) in [7, 11) is 0. The molecule has 65 heavy (non-hydrogen) atoms. The van der Waals surface area contributed by atoms with Crippen molar-refractivity contribution in [2.24, 2.45) is 0 Å². The first-order valence-corrected chi connectivity index (χ1v) is 28.4. The molecule has 0 aromatic heterocycles. The number of ether oxygens (including phenoxy) is 1. The number of amides is 1. The van der Waals surface area contributed by atoms with E-state index in [9.17, 15) is 19.8 Å². The second-order valence-electron chi connectivity index (χ2n) is 19.4. The van der Waals surface area contributed by atoms with E-state index in [0.717, 1.165) is 83.5 Å². The maximum absolute atomic E-state index is 13.3. The van der Waals surface area contributed by atoms with Gasteiger partial charge in [0.1, 0.15) is 6.10 Å². The predicted molar refractivity (Wildman–Crippen MR) is 282 cm³/mol. The van der Waals surface area contributed by atoms with Gasteiger partial charge in [-0.05, 0) is 70.6 Å². The summed E-state index contributed by atoms with van der Waals surface area (Å²) in [5.74, 6) is -0.493. The molecule has 6 nitrogen and oxygen atoms in total. The number of carbonyl (C=O) groups is 2. The van der Waals surface area contributed by atoms with Gasteiger partial charge < -0.3 is 20.3 Å². The number of esters is 1. The van der Waals surface area contributed by atoms with Gasteiger partial charge in [0.25, 0.3) is 0 Å². The number of unbranched alkanes of at least 4 members (excludes halogenated alkanes) is 33. The van der Waals surface area contributed by atoms with E-state index in [0.29, 0.717) is 19.3 Å². The molecule has 0 aliphatic heterocycles. The van der Waals surface area contributed by atoms with Crippen LogP contribution in [0.3, 0.4) is 0 Å². The van der Waals surface area contributed by atoms with Crippen LogP contribution in [0.1, 0.15) is 290 Å². The van der Waals surface area contributed by atoms with E-state index in [2.05, 4.69) is 74.7 Å². The molecule has 0 aliphatic carbocycles. The fourth-order valence-electron chi connectivity index (χ4n) is 8.66. The Bertz CT molecular complexity index is 1110. The Morgan fingerprint density at radius 1 is 0.462 bits per heavy atom. The fourth-order valence-corrected chi connectivity index (χ4v) is 8.66. The first kappa shape index (κ1) is 62.8. The third-order valence-electron chi connectivity index (χ3n) is 13.0. The molecule has 0 aliphatic rings. The molecule has 0 radical (unpaired) electrons. The van der Waals surface area contributed by atoms with Crippen molar-refractivity contribution in [1.82, 2.24) is 5.32 Å². The van der Waals surface area contributed by atoms with Crippen molar-refractivity contribution < 1.29 is 24.5 Å². The minimum absolute atomic E-state index is 0.0633. The highest BCUT2D eigenvalue weighted by atomic mass is 16.5. The van der Waals surface area contributed by atoms with Crippen LogP contribution in [0.15, 0.2) is 48.6 Å². The lowest BCUT2D eigenvalue weighted by molar-refractivity contribution is -0.151. The lowest BCUT2D eigenvalue weighted by atomic mass is 10.0. The van der Waals surface area contributed by atoms with Gasteiger partial charge in [-0.3, -0.25) is 9.59 Å². The van der Waals surface area contributed by atoms with Crippen molar-refractivity contribution in [2.75, 3.05) is 6.61 Å². The standard InChI is InChI=1S/C59H109NO5/c1-4-7-10-13-16-19-22-25-28-29-31-33-36-39-42-45-48-51-57(62)56(54-61)60-58(63)53-55(50-47-44-41-38-35-32-27-24-21-18-15-12-9-6-3)65-59(64)52-49-46-43-40-37-34-30-26-23-20-17-14-11-8-5-2/h8,11,14,17,20,23,32,35,55-57,61-62H,4-7,9-10,12-13,15-16,18-19,21-22,24-31,33-34,36-54H2,1-3H3,(H,60,63)/b11-8+,17-14+,23-20+,35-32+.